The molecule has 0 spiro atoms. The van der Waals surface area contributed by atoms with Crippen LogP contribution in [0.2, 0.25) is 0 Å². The van der Waals surface area contributed by atoms with Gasteiger partial charge in [-0.05, 0) is 50.9 Å². The number of piperidine rings is 3. The fourth-order valence-electron chi connectivity index (χ4n) is 5.71. The Hall–Kier alpha value is -1.30. The number of carboxylic acid groups (broad SMARTS) is 1. The lowest BCUT2D eigenvalue weighted by Crippen LogP contribution is -2.60. The molecule has 3 saturated heterocycles. The maximum absolute atomic E-state index is 12.5. The summed E-state index contributed by atoms with van der Waals surface area (Å²) in [7, 11) is 0. The number of rotatable bonds is 4. The van der Waals surface area contributed by atoms with Crippen LogP contribution in [0.25, 0.3) is 0 Å². The van der Waals surface area contributed by atoms with E-state index in [-0.39, 0.29) is 12.0 Å². The van der Waals surface area contributed by atoms with Crippen molar-refractivity contribution in [3.8, 4) is 0 Å². The van der Waals surface area contributed by atoms with E-state index in [1.54, 1.807) is 4.90 Å². The fourth-order valence-corrected chi connectivity index (χ4v) is 5.71. The van der Waals surface area contributed by atoms with Gasteiger partial charge in [0.05, 0.1) is 0 Å². The Morgan fingerprint density at radius 1 is 1.08 bits per heavy atom. The first kappa shape index (κ1) is 16.2. The number of carbonyl (C=O) groups excluding carboxylic acids is 1. The predicted octanol–water partition coefficient (Wildman–Crippen LogP) is 1.56. The van der Waals surface area contributed by atoms with Gasteiger partial charge in [0.15, 0.2) is 0 Å². The van der Waals surface area contributed by atoms with Crippen LogP contribution in [0, 0.1) is 23.7 Å². The van der Waals surface area contributed by atoms with Crippen molar-refractivity contribution in [1.82, 2.24) is 14.7 Å². The van der Waals surface area contributed by atoms with E-state index in [9.17, 15) is 14.7 Å². The van der Waals surface area contributed by atoms with Crippen molar-refractivity contribution in [2.75, 3.05) is 32.7 Å². The van der Waals surface area contributed by atoms with Crippen LogP contribution in [0.3, 0.4) is 0 Å². The topological polar surface area (TPSA) is 64.1 Å². The van der Waals surface area contributed by atoms with Crippen LogP contribution in [0.1, 0.15) is 33.1 Å². The number of nitrogens with zero attached hydrogens (tertiary/aromatic N) is 3. The van der Waals surface area contributed by atoms with Gasteiger partial charge in [-0.15, -0.1) is 0 Å². The average molecular weight is 335 g/mol. The van der Waals surface area contributed by atoms with Gasteiger partial charge in [0, 0.05) is 50.7 Å². The molecule has 2 saturated carbocycles. The zero-order valence-corrected chi connectivity index (χ0v) is 14.7. The number of hydrogen-bond acceptors (Lipinski definition) is 3. The second-order valence-corrected chi connectivity index (χ2v) is 8.05. The van der Waals surface area contributed by atoms with Crippen LogP contribution >= 0.6 is 0 Å². The van der Waals surface area contributed by atoms with Crippen molar-refractivity contribution in [2.45, 2.75) is 45.2 Å². The minimum absolute atomic E-state index is 0.211. The molecule has 5 rings (SSSR count). The summed E-state index contributed by atoms with van der Waals surface area (Å²) >= 11 is 0. The second-order valence-electron chi connectivity index (χ2n) is 8.05. The fraction of sp³-hybridized carbons (Fsp3) is 0.889. The normalized spacial score (nSPS) is 40.5. The Balaban J connectivity index is 1.35. The van der Waals surface area contributed by atoms with Crippen molar-refractivity contribution in [3.63, 3.8) is 0 Å². The highest BCUT2D eigenvalue weighted by atomic mass is 16.4. The first-order chi connectivity index (χ1) is 11.5. The Kier molecular flexibility index (Phi) is 3.98. The molecule has 24 heavy (non-hydrogen) atoms. The Morgan fingerprint density at radius 2 is 1.75 bits per heavy atom. The molecule has 134 valence electrons. The van der Waals surface area contributed by atoms with Crippen LogP contribution in [-0.4, -0.2) is 76.6 Å². The van der Waals surface area contributed by atoms with E-state index in [4.69, 9.17) is 0 Å². The lowest BCUT2D eigenvalue weighted by molar-refractivity contribution is -0.133. The summed E-state index contributed by atoms with van der Waals surface area (Å²) in [5.74, 6) is 2.21. The number of carbonyl (C=O) groups is 2. The summed E-state index contributed by atoms with van der Waals surface area (Å²) in [6, 6.07) is 0.749. The smallest absolute Gasteiger partial charge is 0.407 e. The zero-order chi connectivity index (χ0) is 17.0. The molecular formula is C18H29N3O3. The second kappa shape index (κ2) is 5.90. The van der Waals surface area contributed by atoms with Crippen molar-refractivity contribution >= 4 is 12.0 Å². The van der Waals surface area contributed by atoms with E-state index in [0.717, 1.165) is 45.4 Å². The molecule has 3 aliphatic heterocycles. The lowest BCUT2D eigenvalue weighted by atomic mass is 9.75. The Bertz CT molecular complexity index is 524. The van der Waals surface area contributed by atoms with Crippen LogP contribution in [0.4, 0.5) is 4.79 Å². The first-order valence-corrected chi connectivity index (χ1v) is 9.57. The van der Waals surface area contributed by atoms with Crippen LogP contribution in [0.5, 0.6) is 0 Å². The van der Waals surface area contributed by atoms with Crippen molar-refractivity contribution in [2.24, 2.45) is 23.7 Å². The molecule has 0 aromatic heterocycles. The number of hydrogen-bond donors (Lipinski definition) is 1. The van der Waals surface area contributed by atoms with E-state index >= 15 is 0 Å². The van der Waals surface area contributed by atoms with Crippen LogP contribution in [-0.2, 0) is 4.79 Å². The van der Waals surface area contributed by atoms with E-state index in [1.807, 2.05) is 4.90 Å². The van der Waals surface area contributed by atoms with Gasteiger partial charge in [-0.1, -0.05) is 0 Å². The molecule has 0 aromatic carbocycles. The highest BCUT2D eigenvalue weighted by Crippen LogP contribution is 2.54. The molecule has 6 atom stereocenters. The monoisotopic (exact) mass is 335 g/mol. The van der Waals surface area contributed by atoms with Gasteiger partial charge in [-0.25, -0.2) is 4.79 Å². The molecule has 1 N–H and O–H groups in total. The number of fused-ring (bicyclic) bond motifs is 4. The Labute approximate surface area is 143 Å². The van der Waals surface area contributed by atoms with Crippen LogP contribution < -0.4 is 0 Å². The van der Waals surface area contributed by atoms with E-state index in [1.165, 1.54) is 0 Å². The maximum atomic E-state index is 12.5. The van der Waals surface area contributed by atoms with Gasteiger partial charge in [-0.2, -0.15) is 0 Å². The van der Waals surface area contributed by atoms with Crippen molar-refractivity contribution in [3.05, 3.63) is 0 Å². The zero-order valence-electron chi connectivity index (χ0n) is 14.7. The summed E-state index contributed by atoms with van der Waals surface area (Å²) in [4.78, 5) is 30.1. The molecule has 3 heterocycles. The first-order valence-electron chi connectivity index (χ1n) is 9.57. The summed E-state index contributed by atoms with van der Waals surface area (Å²) < 4.78 is 0. The van der Waals surface area contributed by atoms with E-state index in [0.29, 0.717) is 36.2 Å². The molecule has 2 amide bonds. The van der Waals surface area contributed by atoms with Crippen LogP contribution in [0.15, 0.2) is 0 Å². The lowest BCUT2D eigenvalue weighted by Gasteiger charge is -2.51. The standard InChI is InChI=1S/C18H29N3O3/c1-3-19(4-2)17(22)16-13-9-20(10-14(13)16)15-7-12-6-5-11(15)8-21(12)18(23)24/h11-16H,3-10H2,1-2H3,(H,23,24)/t11-,12-,13-,14+,15?,16?/m1/s1. The minimum atomic E-state index is -0.752. The number of amides is 2. The molecule has 6 nitrogen and oxygen atoms in total. The van der Waals surface area contributed by atoms with Gasteiger partial charge in [-0.3, -0.25) is 9.69 Å². The molecular weight excluding hydrogens is 306 g/mol. The van der Waals surface area contributed by atoms with E-state index in [2.05, 4.69) is 18.7 Å². The van der Waals surface area contributed by atoms with Gasteiger partial charge >= 0.3 is 6.09 Å². The molecule has 2 bridgehead atoms. The highest BCUT2D eigenvalue weighted by Gasteiger charge is 2.61. The summed E-state index contributed by atoms with van der Waals surface area (Å²) in [5, 5.41) is 9.33. The maximum Gasteiger partial charge on any atom is 0.407 e. The Morgan fingerprint density at radius 3 is 2.25 bits per heavy atom. The third kappa shape index (κ3) is 2.41. The molecule has 2 unspecified atom stereocenters. The summed E-state index contributed by atoms with van der Waals surface area (Å²) in [6.07, 6.45) is 2.42. The summed E-state index contributed by atoms with van der Waals surface area (Å²) in [6.45, 7) is 8.53. The van der Waals surface area contributed by atoms with E-state index < -0.39 is 6.09 Å². The average Bonchev–Trinajstić information content (AvgIpc) is 3.09. The quantitative estimate of drug-likeness (QED) is 0.847. The molecule has 2 aliphatic carbocycles. The molecule has 0 aromatic rings. The molecule has 6 heteroatoms. The molecule has 0 radical (unpaired) electrons. The predicted molar refractivity (Wildman–Crippen MR) is 89.6 cm³/mol. The number of likely N-dealkylation sites (tertiary alicyclic amines) is 1. The summed E-state index contributed by atoms with van der Waals surface area (Å²) in [5.41, 5.74) is 0. The third-order valence-electron chi connectivity index (χ3n) is 7.10. The van der Waals surface area contributed by atoms with Crippen molar-refractivity contribution in [1.29, 1.82) is 0 Å². The largest absolute Gasteiger partial charge is 0.465 e. The van der Waals surface area contributed by atoms with Gasteiger partial charge in [0.1, 0.15) is 0 Å². The minimum Gasteiger partial charge on any atom is -0.465 e. The van der Waals surface area contributed by atoms with Gasteiger partial charge in [0.25, 0.3) is 0 Å². The highest BCUT2D eigenvalue weighted by molar-refractivity contribution is 5.82. The molecule has 5 fully saturated rings. The SMILES string of the molecule is CCN(CC)C(=O)C1[C@H]2CN(C3C[C@H]4CC[C@@H]3CN4C(=O)O)C[C@@H]12. The third-order valence-corrected chi connectivity index (χ3v) is 7.10. The van der Waals surface area contributed by atoms with Crippen molar-refractivity contribution < 1.29 is 14.7 Å². The van der Waals surface area contributed by atoms with Gasteiger partial charge in [0.2, 0.25) is 5.91 Å². The molecule has 5 aliphatic rings. The van der Waals surface area contributed by atoms with Gasteiger partial charge < -0.3 is 14.9 Å².